The van der Waals surface area contributed by atoms with Crippen molar-refractivity contribution in [2.24, 2.45) is 5.92 Å². The topological polar surface area (TPSA) is 59.0 Å². The van der Waals surface area contributed by atoms with Gasteiger partial charge in [-0.3, -0.25) is 4.90 Å². The third-order valence-electron chi connectivity index (χ3n) is 5.32. The van der Waals surface area contributed by atoms with Gasteiger partial charge in [-0.1, -0.05) is 32.1 Å². The van der Waals surface area contributed by atoms with E-state index in [1.807, 2.05) is 39.5 Å². The number of carbonyl (C=O) groups excluding carboxylic acids is 1. The molecule has 0 aromatic carbocycles. The van der Waals surface area contributed by atoms with Crippen molar-refractivity contribution in [3.8, 4) is 0 Å². The predicted octanol–water partition coefficient (Wildman–Crippen LogP) is 4.47. The van der Waals surface area contributed by atoms with Gasteiger partial charge in [0.25, 0.3) is 0 Å². The van der Waals surface area contributed by atoms with Crippen LogP contribution in [0.5, 0.6) is 0 Å². The van der Waals surface area contributed by atoms with Crippen molar-refractivity contribution in [2.45, 2.75) is 109 Å². The molecule has 2 fully saturated rings. The van der Waals surface area contributed by atoms with Crippen LogP contribution in [-0.4, -0.2) is 46.2 Å². The number of carbonyl (C=O) groups is 1. The summed E-state index contributed by atoms with van der Waals surface area (Å²) in [5.41, 5.74) is -1.20. The SMILES string of the molecule is CC(C)(C)OC(=O)N1[C@@H](CC2CCCCC2)[C@H](CCCO)OC1(C)C. The number of rotatable bonds is 5. The standard InChI is InChI=1S/C20H37NO4/c1-19(2,3)25-18(23)21-16(14-15-10-7-6-8-11-15)17(12-9-13-22)24-20(21,4)5/h15-17,22H,6-14H2,1-5H3/t16-,17-/m0/s1. The summed E-state index contributed by atoms with van der Waals surface area (Å²) in [7, 11) is 0. The molecule has 1 saturated carbocycles. The largest absolute Gasteiger partial charge is 0.444 e. The molecule has 5 heteroatoms. The van der Waals surface area contributed by atoms with Gasteiger partial charge in [0.05, 0.1) is 12.1 Å². The van der Waals surface area contributed by atoms with Crippen LogP contribution >= 0.6 is 0 Å². The van der Waals surface area contributed by atoms with E-state index in [1.54, 1.807) is 0 Å². The summed E-state index contributed by atoms with van der Waals surface area (Å²) in [6.07, 6.45) is 8.51. The highest BCUT2D eigenvalue weighted by Crippen LogP contribution is 2.40. The second-order valence-electron chi connectivity index (χ2n) is 9.13. The first-order valence-corrected chi connectivity index (χ1v) is 9.95. The van der Waals surface area contributed by atoms with E-state index in [-0.39, 0.29) is 24.8 Å². The molecule has 1 heterocycles. The van der Waals surface area contributed by atoms with Crippen molar-refractivity contribution in [2.75, 3.05) is 6.61 Å². The molecule has 0 unspecified atom stereocenters. The minimum Gasteiger partial charge on any atom is -0.444 e. The quantitative estimate of drug-likeness (QED) is 0.790. The average Bonchev–Trinajstić information content (AvgIpc) is 2.74. The second-order valence-corrected chi connectivity index (χ2v) is 9.13. The van der Waals surface area contributed by atoms with Gasteiger partial charge in [-0.15, -0.1) is 0 Å². The summed E-state index contributed by atoms with van der Waals surface area (Å²) in [4.78, 5) is 14.8. The Balaban J connectivity index is 2.18. The summed E-state index contributed by atoms with van der Waals surface area (Å²) < 4.78 is 12.0. The highest BCUT2D eigenvalue weighted by atomic mass is 16.6. The molecule has 1 aliphatic carbocycles. The molecule has 1 aliphatic heterocycles. The maximum absolute atomic E-state index is 12.9. The number of hydrogen-bond acceptors (Lipinski definition) is 4. The third kappa shape index (κ3) is 5.58. The first-order valence-electron chi connectivity index (χ1n) is 9.95. The average molecular weight is 356 g/mol. The number of ether oxygens (including phenoxy) is 2. The minimum atomic E-state index is -0.679. The molecular weight excluding hydrogens is 318 g/mol. The number of aliphatic hydroxyl groups excluding tert-OH is 1. The Morgan fingerprint density at radius 1 is 1.24 bits per heavy atom. The van der Waals surface area contributed by atoms with E-state index in [9.17, 15) is 9.90 Å². The lowest BCUT2D eigenvalue weighted by Crippen LogP contribution is -2.50. The molecule has 2 aliphatic rings. The van der Waals surface area contributed by atoms with Crippen molar-refractivity contribution >= 4 is 6.09 Å². The van der Waals surface area contributed by atoms with Gasteiger partial charge in [-0.2, -0.15) is 0 Å². The zero-order valence-corrected chi connectivity index (χ0v) is 16.7. The number of hydrogen-bond donors (Lipinski definition) is 1. The van der Waals surface area contributed by atoms with E-state index in [1.165, 1.54) is 32.1 Å². The molecule has 0 bridgehead atoms. The Labute approximate surface area is 153 Å². The number of aliphatic hydroxyl groups is 1. The highest BCUT2D eigenvalue weighted by molar-refractivity contribution is 5.70. The van der Waals surface area contributed by atoms with Gasteiger partial charge in [-0.05, 0) is 59.8 Å². The fraction of sp³-hybridized carbons (Fsp3) is 0.950. The lowest BCUT2D eigenvalue weighted by molar-refractivity contribution is -0.0806. The van der Waals surface area contributed by atoms with E-state index in [0.717, 1.165) is 12.8 Å². The Kier molecular flexibility index (Phi) is 6.77. The molecule has 0 spiro atoms. The van der Waals surface area contributed by atoms with E-state index >= 15 is 0 Å². The molecule has 0 radical (unpaired) electrons. The van der Waals surface area contributed by atoms with E-state index in [2.05, 4.69) is 0 Å². The Morgan fingerprint density at radius 2 is 1.88 bits per heavy atom. The van der Waals surface area contributed by atoms with Gasteiger partial charge < -0.3 is 14.6 Å². The summed E-state index contributed by atoms with van der Waals surface area (Å²) in [5, 5.41) is 9.23. The molecule has 146 valence electrons. The van der Waals surface area contributed by atoms with E-state index in [4.69, 9.17) is 9.47 Å². The minimum absolute atomic E-state index is 0.0273. The number of nitrogens with zero attached hydrogens (tertiary/aromatic N) is 1. The van der Waals surface area contributed by atoms with Crippen molar-refractivity contribution in [3.05, 3.63) is 0 Å². The van der Waals surface area contributed by atoms with Crippen LogP contribution < -0.4 is 0 Å². The molecule has 0 aromatic rings. The fourth-order valence-corrected chi connectivity index (χ4v) is 4.30. The lowest BCUT2D eigenvalue weighted by atomic mass is 9.83. The zero-order valence-electron chi connectivity index (χ0n) is 16.7. The molecule has 5 nitrogen and oxygen atoms in total. The zero-order chi connectivity index (χ0) is 18.7. The lowest BCUT2D eigenvalue weighted by Gasteiger charge is -2.37. The monoisotopic (exact) mass is 355 g/mol. The smallest absolute Gasteiger partial charge is 0.412 e. The van der Waals surface area contributed by atoms with Crippen LogP contribution in [0, 0.1) is 5.92 Å². The van der Waals surface area contributed by atoms with Crippen LogP contribution in [-0.2, 0) is 9.47 Å². The molecular formula is C20H37NO4. The molecule has 0 aromatic heterocycles. The molecule has 25 heavy (non-hydrogen) atoms. The van der Waals surface area contributed by atoms with Gasteiger partial charge >= 0.3 is 6.09 Å². The van der Waals surface area contributed by atoms with Crippen LogP contribution in [0.3, 0.4) is 0 Å². The predicted molar refractivity (Wildman–Crippen MR) is 98.3 cm³/mol. The summed E-state index contributed by atoms with van der Waals surface area (Å²) >= 11 is 0. The fourth-order valence-electron chi connectivity index (χ4n) is 4.30. The molecule has 2 rings (SSSR count). The maximum Gasteiger partial charge on any atom is 0.412 e. The van der Waals surface area contributed by atoms with Gasteiger partial charge in [0, 0.05) is 6.61 Å². The van der Waals surface area contributed by atoms with E-state index in [0.29, 0.717) is 12.3 Å². The Bertz CT molecular complexity index is 437. The Morgan fingerprint density at radius 3 is 2.44 bits per heavy atom. The Hall–Kier alpha value is -0.810. The van der Waals surface area contributed by atoms with Crippen LogP contribution in [0.15, 0.2) is 0 Å². The maximum atomic E-state index is 12.9. The van der Waals surface area contributed by atoms with Gasteiger partial charge in [0.2, 0.25) is 0 Å². The van der Waals surface area contributed by atoms with Crippen LogP contribution in [0.4, 0.5) is 4.79 Å². The van der Waals surface area contributed by atoms with E-state index < -0.39 is 11.3 Å². The van der Waals surface area contributed by atoms with Crippen molar-refractivity contribution in [1.29, 1.82) is 0 Å². The van der Waals surface area contributed by atoms with Gasteiger partial charge in [0.1, 0.15) is 11.3 Å². The number of amides is 1. The summed E-state index contributed by atoms with van der Waals surface area (Å²) in [6.45, 7) is 9.74. The molecule has 1 N–H and O–H groups in total. The molecule has 1 saturated heterocycles. The normalized spacial score (nSPS) is 27.5. The van der Waals surface area contributed by atoms with Crippen molar-refractivity contribution in [3.63, 3.8) is 0 Å². The van der Waals surface area contributed by atoms with Crippen LogP contribution in [0.25, 0.3) is 0 Å². The molecule has 1 amide bonds. The van der Waals surface area contributed by atoms with Crippen LogP contribution in [0.1, 0.15) is 86.0 Å². The molecule has 2 atom stereocenters. The third-order valence-corrected chi connectivity index (χ3v) is 5.32. The summed E-state index contributed by atoms with van der Waals surface area (Å²) in [5.74, 6) is 0.651. The van der Waals surface area contributed by atoms with Gasteiger partial charge in [0.15, 0.2) is 0 Å². The van der Waals surface area contributed by atoms with Crippen molar-refractivity contribution < 1.29 is 19.4 Å². The highest BCUT2D eigenvalue weighted by Gasteiger charge is 2.51. The second kappa shape index (κ2) is 8.26. The van der Waals surface area contributed by atoms with Crippen LogP contribution in [0.2, 0.25) is 0 Å². The summed E-state index contributed by atoms with van der Waals surface area (Å²) in [6, 6.07) is 0.0273. The van der Waals surface area contributed by atoms with Gasteiger partial charge in [-0.25, -0.2) is 4.79 Å². The first-order chi connectivity index (χ1) is 11.6. The van der Waals surface area contributed by atoms with Crippen molar-refractivity contribution in [1.82, 2.24) is 4.90 Å². The first kappa shape index (κ1) is 20.5.